The Morgan fingerprint density at radius 1 is 1.17 bits per heavy atom. The summed E-state index contributed by atoms with van der Waals surface area (Å²) in [5.74, 6) is 0.437. The number of ether oxygens (including phenoxy) is 1. The van der Waals surface area contributed by atoms with Crippen LogP contribution in [0, 0.1) is 0 Å². The standard InChI is InChI=1S/C18H20N2O3/c1-3-14-8-10-16(11-9-14)20-18(21)13-23-19-12-15-6-4-5-7-17(15)22-2/h4-12H,3,13H2,1-2H3,(H,20,21)/b19-12-. The van der Waals surface area contributed by atoms with Crippen LogP contribution < -0.4 is 10.1 Å². The number of hydrogen-bond acceptors (Lipinski definition) is 4. The first kappa shape index (κ1) is 16.5. The van der Waals surface area contributed by atoms with Gasteiger partial charge in [-0.3, -0.25) is 4.79 Å². The van der Waals surface area contributed by atoms with E-state index >= 15 is 0 Å². The first-order chi connectivity index (χ1) is 11.2. The average Bonchev–Trinajstić information content (AvgIpc) is 2.59. The van der Waals surface area contributed by atoms with Crippen LogP contribution in [-0.2, 0) is 16.1 Å². The highest BCUT2D eigenvalue weighted by molar-refractivity contribution is 5.91. The van der Waals surface area contributed by atoms with Crippen molar-refractivity contribution in [1.82, 2.24) is 0 Å². The summed E-state index contributed by atoms with van der Waals surface area (Å²) in [4.78, 5) is 16.8. The molecule has 0 spiro atoms. The molecule has 0 saturated heterocycles. The number of carbonyl (C=O) groups excluding carboxylic acids is 1. The number of methoxy groups -OCH3 is 1. The Balaban J connectivity index is 1.81. The molecule has 5 nitrogen and oxygen atoms in total. The lowest BCUT2D eigenvalue weighted by atomic mass is 10.1. The molecule has 0 fully saturated rings. The lowest BCUT2D eigenvalue weighted by molar-refractivity contribution is -0.120. The maximum atomic E-state index is 11.8. The van der Waals surface area contributed by atoms with Gasteiger partial charge in [-0.25, -0.2) is 0 Å². The molecule has 0 aromatic heterocycles. The van der Waals surface area contributed by atoms with E-state index in [1.165, 1.54) is 11.8 Å². The Morgan fingerprint density at radius 2 is 1.91 bits per heavy atom. The van der Waals surface area contributed by atoms with Crippen LogP contribution in [0.5, 0.6) is 5.75 Å². The van der Waals surface area contributed by atoms with E-state index in [-0.39, 0.29) is 12.5 Å². The molecule has 0 bridgehead atoms. The molecule has 0 aliphatic heterocycles. The largest absolute Gasteiger partial charge is 0.496 e. The van der Waals surface area contributed by atoms with Gasteiger partial charge < -0.3 is 14.9 Å². The van der Waals surface area contributed by atoms with E-state index in [1.807, 2.05) is 48.5 Å². The summed E-state index contributed by atoms with van der Waals surface area (Å²) in [6.45, 7) is 1.93. The fourth-order valence-electron chi connectivity index (χ4n) is 1.98. The number of amides is 1. The number of nitrogens with one attached hydrogen (secondary N) is 1. The molecule has 0 aliphatic carbocycles. The van der Waals surface area contributed by atoms with Gasteiger partial charge >= 0.3 is 0 Å². The van der Waals surface area contributed by atoms with Crippen molar-refractivity contribution < 1.29 is 14.4 Å². The molecular weight excluding hydrogens is 292 g/mol. The lowest BCUT2D eigenvalue weighted by Gasteiger charge is -2.05. The van der Waals surface area contributed by atoms with Crippen LogP contribution in [0.3, 0.4) is 0 Å². The molecule has 1 N–H and O–H groups in total. The third kappa shape index (κ3) is 5.14. The second-order valence-electron chi connectivity index (χ2n) is 4.85. The third-order valence-electron chi connectivity index (χ3n) is 3.25. The van der Waals surface area contributed by atoms with Crippen molar-refractivity contribution in [2.75, 3.05) is 19.0 Å². The SMILES string of the molecule is CCc1ccc(NC(=O)CO/N=C\c2ccccc2OC)cc1. The molecule has 2 aromatic rings. The van der Waals surface area contributed by atoms with Crippen molar-refractivity contribution in [3.63, 3.8) is 0 Å². The highest BCUT2D eigenvalue weighted by atomic mass is 16.6. The molecule has 0 aliphatic rings. The van der Waals surface area contributed by atoms with Gasteiger partial charge in [-0.1, -0.05) is 36.3 Å². The van der Waals surface area contributed by atoms with E-state index in [0.29, 0.717) is 5.75 Å². The Labute approximate surface area is 135 Å². The van der Waals surface area contributed by atoms with Crippen LogP contribution >= 0.6 is 0 Å². The zero-order valence-corrected chi connectivity index (χ0v) is 13.3. The highest BCUT2D eigenvalue weighted by Gasteiger charge is 2.03. The van der Waals surface area contributed by atoms with E-state index in [0.717, 1.165) is 17.7 Å². The van der Waals surface area contributed by atoms with Crippen molar-refractivity contribution in [3.8, 4) is 5.75 Å². The summed E-state index contributed by atoms with van der Waals surface area (Å²) in [5.41, 5.74) is 2.75. The molecule has 1 amide bonds. The number of hydrogen-bond donors (Lipinski definition) is 1. The number of rotatable bonds is 7. The van der Waals surface area contributed by atoms with Gasteiger partial charge in [0.1, 0.15) is 5.75 Å². The number of carbonyl (C=O) groups is 1. The molecule has 0 radical (unpaired) electrons. The van der Waals surface area contributed by atoms with Gasteiger partial charge in [0, 0.05) is 11.3 Å². The first-order valence-electron chi connectivity index (χ1n) is 7.40. The maximum absolute atomic E-state index is 11.8. The molecule has 5 heteroatoms. The van der Waals surface area contributed by atoms with Crippen molar-refractivity contribution in [2.45, 2.75) is 13.3 Å². The summed E-state index contributed by atoms with van der Waals surface area (Å²) < 4.78 is 5.20. The van der Waals surface area contributed by atoms with E-state index in [1.54, 1.807) is 7.11 Å². The van der Waals surface area contributed by atoms with E-state index in [4.69, 9.17) is 9.57 Å². The summed E-state index contributed by atoms with van der Waals surface area (Å²) in [6.07, 6.45) is 2.48. The molecule has 23 heavy (non-hydrogen) atoms. The van der Waals surface area contributed by atoms with Crippen LogP contribution in [0.15, 0.2) is 53.7 Å². The summed E-state index contributed by atoms with van der Waals surface area (Å²) in [6, 6.07) is 15.1. The van der Waals surface area contributed by atoms with Crippen LogP contribution in [0.25, 0.3) is 0 Å². The topological polar surface area (TPSA) is 59.9 Å². The number of benzene rings is 2. The fourth-order valence-corrected chi connectivity index (χ4v) is 1.98. The fraction of sp³-hybridized carbons (Fsp3) is 0.222. The monoisotopic (exact) mass is 312 g/mol. The van der Waals surface area contributed by atoms with Gasteiger partial charge in [-0.15, -0.1) is 0 Å². The number of para-hydroxylation sites is 1. The molecule has 0 heterocycles. The molecule has 120 valence electrons. The Kier molecular flexibility index (Phi) is 6.17. The third-order valence-corrected chi connectivity index (χ3v) is 3.25. The minimum absolute atomic E-state index is 0.152. The second kappa shape index (κ2) is 8.58. The van der Waals surface area contributed by atoms with E-state index in [9.17, 15) is 4.79 Å². The summed E-state index contributed by atoms with van der Waals surface area (Å²) in [5, 5.41) is 6.55. The smallest absolute Gasteiger partial charge is 0.265 e. The Bertz CT molecular complexity index is 666. The predicted octanol–water partition coefficient (Wildman–Crippen LogP) is 3.25. The lowest BCUT2D eigenvalue weighted by Crippen LogP contribution is -2.16. The predicted molar refractivity (Wildman–Crippen MR) is 91.0 cm³/mol. The molecule has 2 rings (SSSR count). The minimum atomic E-state index is -0.258. The number of oxime groups is 1. The summed E-state index contributed by atoms with van der Waals surface area (Å²) in [7, 11) is 1.59. The van der Waals surface area contributed by atoms with Crippen molar-refractivity contribution in [3.05, 3.63) is 59.7 Å². The first-order valence-corrected chi connectivity index (χ1v) is 7.40. The van der Waals surface area contributed by atoms with E-state index in [2.05, 4.69) is 17.4 Å². The number of nitrogens with zero attached hydrogens (tertiary/aromatic N) is 1. The van der Waals surface area contributed by atoms with Gasteiger partial charge in [-0.2, -0.15) is 0 Å². The molecule has 2 aromatic carbocycles. The maximum Gasteiger partial charge on any atom is 0.265 e. The van der Waals surface area contributed by atoms with Crippen LogP contribution in [0.2, 0.25) is 0 Å². The molecule has 0 atom stereocenters. The zero-order chi connectivity index (χ0) is 16.5. The van der Waals surface area contributed by atoms with Crippen LogP contribution in [0.4, 0.5) is 5.69 Å². The Hall–Kier alpha value is -2.82. The van der Waals surface area contributed by atoms with Gasteiger partial charge in [0.05, 0.1) is 13.3 Å². The molecule has 0 unspecified atom stereocenters. The molecular formula is C18H20N2O3. The quantitative estimate of drug-likeness (QED) is 0.630. The Morgan fingerprint density at radius 3 is 2.61 bits per heavy atom. The number of aryl methyl sites for hydroxylation is 1. The molecule has 0 saturated carbocycles. The van der Waals surface area contributed by atoms with Gasteiger partial charge in [0.2, 0.25) is 0 Å². The highest BCUT2D eigenvalue weighted by Crippen LogP contribution is 2.14. The van der Waals surface area contributed by atoms with Crippen LogP contribution in [-0.4, -0.2) is 25.8 Å². The van der Waals surface area contributed by atoms with E-state index < -0.39 is 0 Å². The van der Waals surface area contributed by atoms with Crippen molar-refractivity contribution in [1.29, 1.82) is 0 Å². The zero-order valence-electron chi connectivity index (χ0n) is 13.3. The van der Waals surface area contributed by atoms with Gasteiger partial charge in [0.15, 0.2) is 6.61 Å². The average molecular weight is 312 g/mol. The van der Waals surface area contributed by atoms with Crippen molar-refractivity contribution >= 4 is 17.8 Å². The number of anilines is 1. The van der Waals surface area contributed by atoms with Gasteiger partial charge in [0.25, 0.3) is 5.91 Å². The van der Waals surface area contributed by atoms with Crippen LogP contribution in [0.1, 0.15) is 18.1 Å². The summed E-state index contributed by atoms with van der Waals surface area (Å²) >= 11 is 0. The minimum Gasteiger partial charge on any atom is -0.496 e. The van der Waals surface area contributed by atoms with Gasteiger partial charge in [-0.05, 0) is 36.2 Å². The second-order valence-corrected chi connectivity index (χ2v) is 4.85. The normalized spacial score (nSPS) is 10.5. The van der Waals surface area contributed by atoms with Crippen molar-refractivity contribution in [2.24, 2.45) is 5.16 Å².